The van der Waals surface area contributed by atoms with Crippen LogP contribution in [0.5, 0.6) is 0 Å². The lowest BCUT2D eigenvalue weighted by Crippen LogP contribution is -2.33. The number of para-hydroxylation sites is 2. The van der Waals surface area contributed by atoms with Gasteiger partial charge in [-0.25, -0.2) is 8.42 Å². The fraction of sp³-hybridized carbons (Fsp3) is 0.462. The number of benzene rings is 1. The molecule has 102 valence electrons. The van der Waals surface area contributed by atoms with Crippen LogP contribution in [0.1, 0.15) is 12.8 Å². The van der Waals surface area contributed by atoms with Gasteiger partial charge in [0.05, 0.1) is 5.75 Å². The molecule has 0 aliphatic carbocycles. The number of aromatic nitrogens is 1. The molecule has 1 N–H and O–H groups in total. The SMILES string of the molecule is O=S(=O)(C[C@H]1CCCNC1)c1nc2ccccc2o1. The van der Waals surface area contributed by atoms with E-state index in [1.165, 1.54) is 0 Å². The van der Waals surface area contributed by atoms with Gasteiger partial charge in [0.25, 0.3) is 0 Å². The Kier molecular flexibility index (Phi) is 3.28. The molecule has 5 nitrogen and oxygen atoms in total. The van der Waals surface area contributed by atoms with E-state index in [0.29, 0.717) is 11.1 Å². The average Bonchev–Trinajstić information content (AvgIpc) is 2.84. The maximum atomic E-state index is 12.3. The molecule has 0 amide bonds. The van der Waals surface area contributed by atoms with Crippen molar-refractivity contribution in [2.45, 2.75) is 18.1 Å². The second kappa shape index (κ2) is 4.94. The molecule has 2 aromatic rings. The first-order valence-electron chi connectivity index (χ1n) is 6.44. The maximum Gasteiger partial charge on any atom is 0.316 e. The Labute approximate surface area is 111 Å². The summed E-state index contributed by atoms with van der Waals surface area (Å²) < 4.78 is 29.9. The molecule has 2 heterocycles. The Morgan fingerprint density at radius 1 is 1.37 bits per heavy atom. The Morgan fingerprint density at radius 3 is 2.95 bits per heavy atom. The predicted octanol–water partition coefficient (Wildman–Crippen LogP) is 1.60. The van der Waals surface area contributed by atoms with Gasteiger partial charge in [-0.15, -0.1) is 0 Å². The minimum atomic E-state index is -3.44. The highest BCUT2D eigenvalue weighted by molar-refractivity contribution is 7.91. The normalized spacial score (nSPS) is 20.7. The molecule has 1 aliphatic heterocycles. The summed E-state index contributed by atoms with van der Waals surface area (Å²) in [6.45, 7) is 1.72. The largest absolute Gasteiger partial charge is 0.428 e. The lowest BCUT2D eigenvalue weighted by atomic mass is 10.0. The van der Waals surface area contributed by atoms with Crippen LogP contribution in [0.4, 0.5) is 0 Å². The molecule has 1 aromatic heterocycles. The van der Waals surface area contributed by atoms with Crippen molar-refractivity contribution in [3.63, 3.8) is 0 Å². The topological polar surface area (TPSA) is 72.2 Å². The van der Waals surface area contributed by atoms with E-state index in [1.807, 2.05) is 6.07 Å². The maximum absolute atomic E-state index is 12.3. The van der Waals surface area contributed by atoms with Crippen molar-refractivity contribution in [3.8, 4) is 0 Å². The van der Waals surface area contributed by atoms with Gasteiger partial charge in [-0.3, -0.25) is 0 Å². The van der Waals surface area contributed by atoms with Gasteiger partial charge < -0.3 is 9.73 Å². The molecule has 1 saturated heterocycles. The second-order valence-electron chi connectivity index (χ2n) is 4.94. The molecule has 0 saturated carbocycles. The van der Waals surface area contributed by atoms with Gasteiger partial charge in [0.1, 0.15) is 5.52 Å². The van der Waals surface area contributed by atoms with Crippen molar-refractivity contribution in [2.75, 3.05) is 18.8 Å². The van der Waals surface area contributed by atoms with Crippen LogP contribution in [0, 0.1) is 5.92 Å². The summed E-state index contributed by atoms with van der Waals surface area (Å²) in [6.07, 6.45) is 1.96. The molecule has 3 rings (SSSR count). The minimum Gasteiger partial charge on any atom is -0.428 e. The van der Waals surface area contributed by atoms with E-state index in [9.17, 15) is 8.42 Å². The predicted molar refractivity (Wildman–Crippen MR) is 71.7 cm³/mol. The third-order valence-corrected chi connectivity index (χ3v) is 5.01. The van der Waals surface area contributed by atoms with Crippen LogP contribution in [0.3, 0.4) is 0 Å². The molecule has 1 aliphatic rings. The Hall–Kier alpha value is -1.40. The second-order valence-corrected chi connectivity index (χ2v) is 6.85. The molecule has 1 aromatic carbocycles. The quantitative estimate of drug-likeness (QED) is 0.924. The number of sulfone groups is 1. The summed E-state index contributed by atoms with van der Waals surface area (Å²) >= 11 is 0. The number of oxazole rings is 1. The number of nitrogens with zero attached hydrogens (tertiary/aromatic N) is 1. The molecule has 0 radical (unpaired) electrons. The number of hydrogen-bond acceptors (Lipinski definition) is 5. The van der Waals surface area contributed by atoms with Crippen molar-refractivity contribution in [2.24, 2.45) is 5.92 Å². The van der Waals surface area contributed by atoms with E-state index in [0.717, 1.165) is 25.9 Å². The lowest BCUT2D eigenvalue weighted by molar-refractivity contribution is 0.397. The minimum absolute atomic E-state index is 0.104. The van der Waals surface area contributed by atoms with Crippen molar-refractivity contribution in [1.82, 2.24) is 10.3 Å². The Bertz CT molecular complexity index is 639. The fourth-order valence-electron chi connectivity index (χ4n) is 2.43. The zero-order chi connectivity index (χ0) is 13.3. The molecule has 1 atom stereocenters. The van der Waals surface area contributed by atoms with E-state index in [4.69, 9.17) is 4.42 Å². The zero-order valence-corrected chi connectivity index (χ0v) is 11.3. The monoisotopic (exact) mass is 280 g/mol. The van der Waals surface area contributed by atoms with Gasteiger partial charge >= 0.3 is 5.22 Å². The first kappa shape index (κ1) is 12.6. The highest BCUT2D eigenvalue weighted by Crippen LogP contribution is 2.22. The van der Waals surface area contributed by atoms with E-state index in [1.54, 1.807) is 18.2 Å². The summed E-state index contributed by atoms with van der Waals surface area (Å²) in [6, 6.07) is 7.09. The highest BCUT2D eigenvalue weighted by atomic mass is 32.2. The van der Waals surface area contributed by atoms with Crippen LogP contribution in [0.25, 0.3) is 11.1 Å². The summed E-state index contributed by atoms with van der Waals surface area (Å²) in [5.41, 5.74) is 1.10. The van der Waals surface area contributed by atoms with Gasteiger partial charge in [0.15, 0.2) is 5.58 Å². The summed E-state index contributed by atoms with van der Waals surface area (Å²) in [7, 11) is -3.44. The van der Waals surface area contributed by atoms with Crippen molar-refractivity contribution in [1.29, 1.82) is 0 Å². The molecule has 0 unspecified atom stereocenters. The number of piperidine rings is 1. The average molecular weight is 280 g/mol. The fourth-order valence-corrected chi connectivity index (χ4v) is 3.93. The Morgan fingerprint density at radius 2 is 2.21 bits per heavy atom. The first-order chi connectivity index (χ1) is 9.15. The van der Waals surface area contributed by atoms with Gasteiger partial charge in [-0.2, -0.15) is 4.98 Å². The Balaban J connectivity index is 1.86. The molecular weight excluding hydrogens is 264 g/mol. The van der Waals surface area contributed by atoms with Gasteiger partial charge in [-0.1, -0.05) is 12.1 Å². The number of nitrogens with one attached hydrogen (secondary N) is 1. The van der Waals surface area contributed by atoms with E-state index in [-0.39, 0.29) is 16.9 Å². The smallest absolute Gasteiger partial charge is 0.316 e. The van der Waals surface area contributed by atoms with Crippen molar-refractivity contribution < 1.29 is 12.8 Å². The third kappa shape index (κ3) is 2.64. The van der Waals surface area contributed by atoms with E-state index in [2.05, 4.69) is 10.3 Å². The number of rotatable bonds is 3. The molecule has 19 heavy (non-hydrogen) atoms. The zero-order valence-electron chi connectivity index (χ0n) is 10.5. The number of hydrogen-bond donors (Lipinski definition) is 1. The van der Waals surface area contributed by atoms with Crippen LogP contribution in [0.2, 0.25) is 0 Å². The van der Waals surface area contributed by atoms with Crippen molar-refractivity contribution in [3.05, 3.63) is 24.3 Å². The summed E-state index contributed by atoms with van der Waals surface area (Å²) in [4.78, 5) is 4.07. The molecule has 0 spiro atoms. The summed E-state index contributed by atoms with van der Waals surface area (Å²) in [5, 5.41) is 3.07. The van der Waals surface area contributed by atoms with Crippen LogP contribution in [0.15, 0.2) is 33.9 Å². The molecule has 6 heteroatoms. The third-order valence-electron chi connectivity index (χ3n) is 3.39. The van der Waals surface area contributed by atoms with Crippen LogP contribution in [-0.4, -0.2) is 32.2 Å². The van der Waals surface area contributed by atoms with Crippen LogP contribution < -0.4 is 5.32 Å². The van der Waals surface area contributed by atoms with Crippen molar-refractivity contribution >= 4 is 20.9 Å². The molecule has 0 bridgehead atoms. The van der Waals surface area contributed by atoms with Crippen LogP contribution in [-0.2, 0) is 9.84 Å². The van der Waals surface area contributed by atoms with E-state index >= 15 is 0 Å². The van der Waals surface area contributed by atoms with Crippen LogP contribution >= 0.6 is 0 Å². The molecular formula is C13H16N2O3S. The highest BCUT2D eigenvalue weighted by Gasteiger charge is 2.27. The first-order valence-corrected chi connectivity index (χ1v) is 8.09. The van der Waals surface area contributed by atoms with Gasteiger partial charge in [0, 0.05) is 0 Å². The lowest BCUT2D eigenvalue weighted by Gasteiger charge is -2.21. The van der Waals surface area contributed by atoms with Gasteiger partial charge in [-0.05, 0) is 44.0 Å². The number of fused-ring (bicyclic) bond motifs is 1. The summed E-state index contributed by atoms with van der Waals surface area (Å²) in [5.74, 6) is 0.251. The van der Waals surface area contributed by atoms with E-state index < -0.39 is 9.84 Å². The van der Waals surface area contributed by atoms with Gasteiger partial charge in [0.2, 0.25) is 9.84 Å². The molecule has 1 fully saturated rings. The standard InChI is InChI=1S/C13H16N2O3S/c16-19(17,9-10-4-3-7-14-8-10)13-15-11-5-1-2-6-12(11)18-13/h1-2,5-6,10,14H,3-4,7-9H2/t10-/m0/s1.